The molecule has 0 aliphatic heterocycles. The van der Waals surface area contributed by atoms with E-state index in [-0.39, 0.29) is 0 Å². The maximum absolute atomic E-state index is 6.11. The van der Waals surface area contributed by atoms with Crippen LogP contribution in [0.15, 0.2) is 18.3 Å². The van der Waals surface area contributed by atoms with Gasteiger partial charge in [0, 0.05) is 11.9 Å². The van der Waals surface area contributed by atoms with Crippen LogP contribution in [0.25, 0.3) is 10.9 Å². The SMILES string of the molecule is Nc1cc2cn[nH]c2cc1NCC(C1CC1)C1CC1. The van der Waals surface area contributed by atoms with Crippen LogP contribution >= 0.6 is 0 Å². The molecule has 4 heteroatoms. The Hall–Kier alpha value is -1.71. The first-order chi connectivity index (χ1) is 9.31. The normalized spacial score (nSPS) is 19.2. The zero-order valence-corrected chi connectivity index (χ0v) is 11.0. The van der Waals surface area contributed by atoms with E-state index in [0.717, 1.165) is 46.6 Å². The van der Waals surface area contributed by atoms with E-state index < -0.39 is 0 Å². The minimum Gasteiger partial charge on any atom is -0.397 e. The third kappa shape index (κ3) is 2.15. The summed E-state index contributed by atoms with van der Waals surface area (Å²) in [4.78, 5) is 0. The van der Waals surface area contributed by atoms with Crippen molar-refractivity contribution in [2.45, 2.75) is 25.7 Å². The molecular formula is C15H20N4. The van der Waals surface area contributed by atoms with Crippen molar-refractivity contribution in [2.24, 2.45) is 17.8 Å². The van der Waals surface area contributed by atoms with E-state index in [1.54, 1.807) is 0 Å². The first-order valence-corrected chi connectivity index (χ1v) is 7.28. The van der Waals surface area contributed by atoms with Crippen LogP contribution in [0.2, 0.25) is 0 Å². The van der Waals surface area contributed by atoms with Crippen LogP contribution in [-0.2, 0) is 0 Å². The Labute approximate surface area is 112 Å². The standard InChI is InChI=1S/C15H20N4/c16-13-5-11-7-18-19-14(11)6-15(13)17-8-12(9-1-2-9)10-3-4-10/h5-7,9-10,12,17H,1-4,8,16H2,(H,18,19). The highest BCUT2D eigenvalue weighted by molar-refractivity contribution is 5.88. The minimum atomic E-state index is 0.819. The highest BCUT2D eigenvalue weighted by Gasteiger charge is 2.41. The van der Waals surface area contributed by atoms with Gasteiger partial charge in [0.25, 0.3) is 0 Å². The summed E-state index contributed by atoms with van der Waals surface area (Å²) in [5.74, 6) is 2.80. The monoisotopic (exact) mass is 256 g/mol. The minimum absolute atomic E-state index is 0.819. The average Bonchev–Trinajstić information content (AvgIpc) is 3.30. The summed E-state index contributed by atoms with van der Waals surface area (Å²) in [5, 5.41) is 11.7. The molecule has 0 radical (unpaired) electrons. The first-order valence-electron chi connectivity index (χ1n) is 7.28. The third-order valence-electron chi connectivity index (χ3n) is 4.59. The molecule has 4 N–H and O–H groups in total. The number of nitrogens with one attached hydrogen (secondary N) is 2. The van der Waals surface area contributed by atoms with Gasteiger partial charge in [0.1, 0.15) is 0 Å². The van der Waals surface area contributed by atoms with Gasteiger partial charge in [-0.05, 0) is 55.6 Å². The molecule has 4 nitrogen and oxygen atoms in total. The van der Waals surface area contributed by atoms with Crippen LogP contribution in [0.3, 0.4) is 0 Å². The number of aromatic nitrogens is 2. The third-order valence-corrected chi connectivity index (χ3v) is 4.59. The van der Waals surface area contributed by atoms with Crippen LogP contribution in [0.4, 0.5) is 11.4 Å². The molecular weight excluding hydrogens is 236 g/mol. The van der Waals surface area contributed by atoms with Gasteiger partial charge in [0.05, 0.1) is 23.1 Å². The summed E-state index contributed by atoms with van der Waals surface area (Å²) >= 11 is 0. The number of nitrogens with zero attached hydrogens (tertiary/aromatic N) is 1. The van der Waals surface area contributed by atoms with Gasteiger partial charge in [-0.3, -0.25) is 5.10 Å². The maximum atomic E-state index is 6.11. The Balaban J connectivity index is 1.51. The van der Waals surface area contributed by atoms with Gasteiger partial charge in [-0.25, -0.2) is 0 Å². The van der Waals surface area contributed by atoms with Crippen molar-refractivity contribution < 1.29 is 0 Å². The summed E-state index contributed by atoms with van der Waals surface area (Å²) in [6.45, 7) is 1.07. The largest absolute Gasteiger partial charge is 0.397 e. The molecule has 2 fully saturated rings. The Kier molecular flexibility index (Phi) is 2.43. The summed E-state index contributed by atoms with van der Waals surface area (Å²) in [6, 6.07) is 4.07. The summed E-state index contributed by atoms with van der Waals surface area (Å²) in [6.07, 6.45) is 7.53. The molecule has 2 aliphatic carbocycles. The van der Waals surface area contributed by atoms with E-state index in [1.807, 2.05) is 12.3 Å². The van der Waals surface area contributed by atoms with Crippen molar-refractivity contribution in [3.05, 3.63) is 18.3 Å². The van der Waals surface area contributed by atoms with Gasteiger partial charge in [-0.15, -0.1) is 0 Å². The number of aromatic amines is 1. The Morgan fingerprint density at radius 2 is 2.00 bits per heavy atom. The molecule has 0 bridgehead atoms. The Bertz CT molecular complexity index is 583. The highest BCUT2D eigenvalue weighted by atomic mass is 15.1. The van der Waals surface area contributed by atoms with Gasteiger partial charge >= 0.3 is 0 Å². The van der Waals surface area contributed by atoms with Crippen LogP contribution in [0.1, 0.15) is 25.7 Å². The summed E-state index contributed by atoms with van der Waals surface area (Å²) < 4.78 is 0. The number of hydrogen-bond donors (Lipinski definition) is 3. The maximum Gasteiger partial charge on any atom is 0.0672 e. The lowest BCUT2D eigenvalue weighted by Gasteiger charge is -2.18. The second-order valence-corrected chi connectivity index (χ2v) is 6.12. The van der Waals surface area contributed by atoms with Crippen molar-refractivity contribution >= 4 is 22.3 Å². The Morgan fingerprint density at radius 1 is 1.26 bits per heavy atom. The lowest BCUT2D eigenvalue weighted by Crippen LogP contribution is -2.18. The number of H-pyrrole nitrogens is 1. The highest BCUT2D eigenvalue weighted by Crippen LogP contribution is 2.49. The molecule has 1 heterocycles. The molecule has 2 aliphatic rings. The van der Waals surface area contributed by atoms with Crippen LogP contribution in [0, 0.1) is 17.8 Å². The van der Waals surface area contributed by atoms with E-state index in [4.69, 9.17) is 5.73 Å². The predicted molar refractivity (Wildman–Crippen MR) is 77.9 cm³/mol. The van der Waals surface area contributed by atoms with Crippen LogP contribution in [-0.4, -0.2) is 16.7 Å². The molecule has 0 atom stereocenters. The fourth-order valence-corrected chi connectivity index (χ4v) is 3.16. The molecule has 2 aromatic rings. The number of benzene rings is 1. The van der Waals surface area contributed by atoms with Crippen molar-refractivity contribution in [3.63, 3.8) is 0 Å². The fourth-order valence-electron chi connectivity index (χ4n) is 3.16. The molecule has 1 aromatic carbocycles. The Morgan fingerprint density at radius 3 is 2.68 bits per heavy atom. The van der Waals surface area contributed by atoms with Crippen molar-refractivity contribution in [1.82, 2.24) is 10.2 Å². The van der Waals surface area contributed by atoms with Gasteiger partial charge < -0.3 is 11.1 Å². The molecule has 0 spiro atoms. The molecule has 1 aromatic heterocycles. The van der Waals surface area contributed by atoms with Gasteiger partial charge in [0.2, 0.25) is 0 Å². The lowest BCUT2D eigenvalue weighted by molar-refractivity contribution is 0.428. The van der Waals surface area contributed by atoms with Crippen molar-refractivity contribution in [2.75, 3.05) is 17.6 Å². The summed E-state index contributed by atoms with van der Waals surface area (Å²) in [5.41, 5.74) is 9.02. The second kappa shape index (κ2) is 4.15. The van der Waals surface area contributed by atoms with Crippen molar-refractivity contribution in [3.8, 4) is 0 Å². The molecule has 100 valence electrons. The van der Waals surface area contributed by atoms with E-state index >= 15 is 0 Å². The average molecular weight is 256 g/mol. The number of rotatable bonds is 5. The molecule has 0 amide bonds. The van der Waals surface area contributed by atoms with Gasteiger partial charge in [-0.2, -0.15) is 5.10 Å². The number of fused-ring (bicyclic) bond motifs is 1. The van der Waals surface area contributed by atoms with E-state index in [1.165, 1.54) is 25.7 Å². The zero-order chi connectivity index (χ0) is 12.8. The molecule has 4 rings (SSSR count). The van der Waals surface area contributed by atoms with Crippen LogP contribution < -0.4 is 11.1 Å². The first kappa shape index (κ1) is 11.1. The molecule has 0 saturated heterocycles. The van der Waals surface area contributed by atoms with E-state index in [9.17, 15) is 0 Å². The predicted octanol–water partition coefficient (Wildman–Crippen LogP) is 2.99. The number of nitrogens with two attached hydrogens (primary N) is 1. The number of nitrogen functional groups attached to an aromatic ring is 1. The zero-order valence-electron chi connectivity index (χ0n) is 11.0. The smallest absolute Gasteiger partial charge is 0.0672 e. The summed E-state index contributed by atoms with van der Waals surface area (Å²) in [7, 11) is 0. The van der Waals surface area contributed by atoms with E-state index in [2.05, 4.69) is 21.6 Å². The van der Waals surface area contributed by atoms with Crippen LogP contribution in [0.5, 0.6) is 0 Å². The number of hydrogen-bond acceptors (Lipinski definition) is 3. The van der Waals surface area contributed by atoms with Gasteiger partial charge in [-0.1, -0.05) is 0 Å². The van der Waals surface area contributed by atoms with Gasteiger partial charge in [0.15, 0.2) is 0 Å². The lowest BCUT2D eigenvalue weighted by atomic mass is 9.98. The second-order valence-electron chi connectivity index (χ2n) is 6.12. The topological polar surface area (TPSA) is 66.7 Å². The molecule has 2 saturated carbocycles. The molecule has 19 heavy (non-hydrogen) atoms. The quantitative estimate of drug-likeness (QED) is 0.720. The molecule has 0 unspecified atom stereocenters. The number of anilines is 2. The van der Waals surface area contributed by atoms with E-state index in [0.29, 0.717) is 0 Å². The fraction of sp³-hybridized carbons (Fsp3) is 0.533. The van der Waals surface area contributed by atoms with Crippen molar-refractivity contribution in [1.29, 1.82) is 0 Å².